The van der Waals surface area contributed by atoms with Crippen molar-refractivity contribution in [1.29, 1.82) is 0 Å². The maximum atomic E-state index is 3.54. The topological polar surface area (TPSA) is 15.3 Å². The molecule has 0 aliphatic carbocycles. The molecule has 0 aromatic carbocycles. The molecule has 0 saturated carbocycles. The molecule has 2 heterocycles. The first kappa shape index (κ1) is 10.4. The molecule has 0 aromatic heterocycles. The van der Waals surface area contributed by atoms with Crippen LogP contribution in [0.5, 0.6) is 0 Å². The molecule has 0 aromatic rings. The van der Waals surface area contributed by atoms with Crippen LogP contribution in [0.4, 0.5) is 0 Å². The molecular weight excluding hydrogens is 172 g/mol. The molecule has 2 unspecified atom stereocenters. The summed E-state index contributed by atoms with van der Waals surface area (Å²) in [5.74, 6) is 0.898. The highest BCUT2D eigenvalue weighted by Gasteiger charge is 2.26. The van der Waals surface area contributed by atoms with Gasteiger partial charge in [0.1, 0.15) is 0 Å². The average molecular weight is 196 g/mol. The van der Waals surface area contributed by atoms with Crippen LogP contribution in [-0.2, 0) is 0 Å². The fourth-order valence-electron chi connectivity index (χ4n) is 2.89. The lowest BCUT2D eigenvalue weighted by atomic mass is 9.93. The van der Waals surface area contributed by atoms with Gasteiger partial charge in [0, 0.05) is 12.6 Å². The lowest BCUT2D eigenvalue weighted by Crippen LogP contribution is -2.50. The van der Waals surface area contributed by atoms with Crippen molar-refractivity contribution in [2.24, 2.45) is 5.92 Å². The van der Waals surface area contributed by atoms with Gasteiger partial charge in [0.25, 0.3) is 0 Å². The zero-order chi connectivity index (χ0) is 9.80. The molecule has 2 fully saturated rings. The molecule has 0 spiro atoms. The first-order valence-corrected chi connectivity index (χ1v) is 6.32. The van der Waals surface area contributed by atoms with Gasteiger partial charge in [-0.15, -0.1) is 0 Å². The number of nitrogens with zero attached hydrogens (tertiary/aromatic N) is 1. The zero-order valence-electron chi connectivity index (χ0n) is 9.47. The molecule has 2 aliphatic rings. The Balaban J connectivity index is 1.90. The van der Waals surface area contributed by atoms with E-state index in [9.17, 15) is 0 Å². The third-order valence-electron chi connectivity index (χ3n) is 3.90. The third-order valence-corrected chi connectivity index (χ3v) is 3.90. The molecule has 1 N–H and O–H groups in total. The Bertz CT molecular complexity index is 162. The van der Waals surface area contributed by atoms with Crippen molar-refractivity contribution >= 4 is 0 Å². The summed E-state index contributed by atoms with van der Waals surface area (Å²) in [7, 11) is 0. The van der Waals surface area contributed by atoms with Gasteiger partial charge in [-0.05, 0) is 44.8 Å². The molecule has 0 radical (unpaired) electrons. The number of likely N-dealkylation sites (tertiary alicyclic amines) is 1. The number of hydrogen-bond donors (Lipinski definition) is 1. The minimum atomic E-state index is 0.821. The van der Waals surface area contributed by atoms with Crippen molar-refractivity contribution in [3.63, 3.8) is 0 Å². The van der Waals surface area contributed by atoms with Crippen LogP contribution >= 0.6 is 0 Å². The Hall–Kier alpha value is -0.0800. The molecule has 2 heteroatoms. The molecule has 14 heavy (non-hydrogen) atoms. The second-order valence-electron chi connectivity index (χ2n) is 4.99. The second-order valence-corrected chi connectivity index (χ2v) is 4.99. The predicted molar refractivity (Wildman–Crippen MR) is 60.5 cm³/mol. The van der Waals surface area contributed by atoms with Gasteiger partial charge in [0.15, 0.2) is 0 Å². The van der Waals surface area contributed by atoms with Crippen LogP contribution in [0, 0.1) is 5.92 Å². The van der Waals surface area contributed by atoms with Crippen LogP contribution in [0.15, 0.2) is 0 Å². The van der Waals surface area contributed by atoms with Gasteiger partial charge in [-0.1, -0.05) is 19.8 Å². The highest BCUT2D eigenvalue weighted by Crippen LogP contribution is 2.21. The maximum Gasteiger partial charge on any atom is 0.0246 e. The zero-order valence-corrected chi connectivity index (χ0v) is 9.47. The average Bonchev–Trinajstić information content (AvgIpc) is 2.47. The first-order chi connectivity index (χ1) is 6.88. The SMILES string of the molecule is CC1CCNCC1N1CCCCCC1. The van der Waals surface area contributed by atoms with Gasteiger partial charge in [-0.25, -0.2) is 0 Å². The second kappa shape index (κ2) is 5.13. The van der Waals surface area contributed by atoms with Gasteiger partial charge in [-0.2, -0.15) is 0 Å². The van der Waals surface area contributed by atoms with E-state index in [2.05, 4.69) is 17.1 Å². The van der Waals surface area contributed by atoms with Crippen molar-refractivity contribution in [3.05, 3.63) is 0 Å². The van der Waals surface area contributed by atoms with Gasteiger partial charge >= 0.3 is 0 Å². The molecule has 2 saturated heterocycles. The quantitative estimate of drug-likeness (QED) is 0.688. The van der Waals surface area contributed by atoms with Gasteiger partial charge in [-0.3, -0.25) is 4.90 Å². The molecule has 0 amide bonds. The Morgan fingerprint density at radius 1 is 1.07 bits per heavy atom. The highest BCUT2D eigenvalue weighted by molar-refractivity contribution is 4.84. The standard InChI is InChI=1S/C12H24N2/c1-11-6-7-13-10-12(11)14-8-4-2-3-5-9-14/h11-13H,2-10H2,1H3. The highest BCUT2D eigenvalue weighted by atomic mass is 15.2. The molecular formula is C12H24N2. The monoisotopic (exact) mass is 196 g/mol. The Morgan fingerprint density at radius 2 is 1.79 bits per heavy atom. The number of piperidine rings is 1. The van der Waals surface area contributed by atoms with Crippen molar-refractivity contribution < 1.29 is 0 Å². The lowest BCUT2D eigenvalue weighted by Gasteiger charge is -2.38. The summed E-state index contributed by atoms with van der Waals surface area (Å²) in [4.78, 5) is 2.74. The molecule has 2 aliphatic heterocycles. The van der Waals surface area contributed by atoms with Crippen LogP contribution < -0.4 is 5.32 Å². The van der Waals surface area contributed by atoms with Crippen molar-refractivity contribution in [2.45, 2.75) is 45.1 Å². The first-order valence-electron chi connectivity index (χ1n) is 6.32. The van der Waals surface area contributed by atoms with E-state index in [1.54, 1.807) is 0 Å². The fraction of sp³-hybridized carbons (Fsp3) is 1.00. The van der Waals surface area contributed by atoms with Gasteiger partial charge in [0.2, 0.25) is 0 Å². The van der Waals surface area contributed by atoms with Crippen LogP contribution in [0.1, 0.15) is 39.0 Å². The maximum absolute atomic E-state index is 3.54. The Labute approximate surface area is 88.1 Å². The summed E-state index contributed by atoms with van der Waals surface area (Å²) in [6.07, 6.45) is 7.10. The predicted octanol–water partition coefficient (Wildman–Crippen LogP) is 1.86. The van der Waals surface area contributed by atoms with Gasteiger partial charge in [0.05, 0.1) is 0 Å². The van der Waals surface area contributed by atoms with E-state index in [0.717, 1.165) is 12.0 Å². The minimum Gasteiger partial charge on any atom is -0.315 e. The van der Waals surface area contributed by atoms with Crippen LogP contribution in [0.25, 0.3) is 0 Å². The van der Waals surface area contributed by atoms with Crippen LogP contribution in [-0.4, -0.2) is 37.1 Å². The van der Waals surface area contributed by atoms with Crippen molar-refractivity contribution in [1.82, 2.24) is 10.2 Å². The van der Waals surface area contributed by atoms with E-state index >= 15 is 0 Å². The summed E-state index contributed by atoms with van der Waals surface area (Å²) in [5.41, 5.74) is 0. The van der Waals surface area contributed by atoms with Gasteiger partial charge < -0.3 is 5.32 Å². The lowest BCUT2D eigenvalue weighted by molar-refractivity contribution is 0.126. The number of rotatable bonds is 1. The number of hydrogen-bond acceptors (Lipinski definition) is 2. The largest absolute Gasteiger partial charge is 0.315 e. The van der Waals surface area contributed by atoms with E-state index in [1.165, 1.54) is 58.3 Å². The van der Waals surface area contributed by atoms with E-state index in [1.807, 2.05) is 0 Å². The smallest absolute Gasteiger partial charge is 0.0246 e. The van der Waals surface area contributed by atoms with Crippen LogP contribution in [0.2, 0.25) is 0 Å². The van der Waals surface area contributed by atoms with Crippen molar-refractivity contribution in [3.8, 4) is 0 Å². The third kappa shape index (κ3) is 2.48. The molecule has 82 valence electrons. The van der Waals surface area contributed by atoms with E-state index in [4.69, 9.17) is 0 Å². The summed E-state index contributed by atoms with van der Waals surface area (Å²) < 4.78 is 0. The summed E-state index contributed by atoms with van der Waals surface area (Å²) >= 11 is 0. The summed E-state index contributed by atoms with van der Waals surface area (Å²) in [6.45, 7) is 7.57. The molecule has 2 atom stereocenters. The van der Waals surface area contributed by atoms with E-state index in [0.29, 0.717) is 0 Å². The van der Waals surface area contributed by atoms with E-state index < -0.39 is 0 Å². The number of nitrogens with one attached hydrogen (secondary N) is 1. The van der Waals surface area contributed by atoms with Crippen molar-refractivity contribution in [2.75, 3.05) is 26.2 Å². The summed E-state index contributed by atoms with van der Waals surface area (Å²) in [5, 5.41) is 3.54. The normalized spacial score (nSPS) is 36.6. The minimum absolute atomic E-state index is 0.821. The molecule has 2 rings (SSSR count). The molecule has 2 nitrogen and oxygen atoms in total. The summed E-state index contributed by atoms with van der Waals surface area (Å²) in [6, 6.07) is 0.821. The van der Waals surface area contributed by atoms with Crippen LogP contribution in [0.3, 0.4) is 0 Å². The Morgan fingerprint density at radius 3 is 2.43 bits per heavy atom. The Kier molecular flexibility index (Phi) is 3.82. The fourth-order valence-corrected chi connectivity index (χ4v) is 2.89. The molecule has 0 bridgehead atoms. The van der Waals surface area contributed by atoms with E-state index in [-0.39, 0.29) is 0 Å².